The van der Waals surface area contributed by atoms with Crippen LogP contribution < -0.4 is 10.2 Å². The number of nitrogens with one attached hydrogen (secondary N) is 1. The fraction of sp³-hybridized carbons (Fsp3) is 0.267. The van der Waals surface area contributed by atoms with Crippen LogP contribution in [0.2, 0.25) is 0 Å². The van der Waals surface area contributed by atoms with Gasteiger partial charge in [0.2, 0.25) is 0 Å². The lowest BCUT2D eigenvalue weighted by Gasteiger charge is -2.18. The van der Waals surface area contributed by atoms with E-state index in [1.54, 1.807) is 0 Å². The summed E-state index contributed by atoms with van der Waals surface area (Å²) in [6.07, 6.45) is 1.88. The van der Waals surface area contributed by atoms with E-state index < -0.39 is 0 Å². The molecule has 3 heteroatoms. The van der Waals surface area contributed by atoms with E-state index >= 15 is 0 Å². The molecule has 0 atom stereocenters. The first-order chi connectivity index (χ1) is 8.79. The molecule has 0 unspecified atom stereocenters. The maximum absolute atomic E-state index is 4.46. The van der Waals surface area contributed by atoms with E-state index in [1.165, 1.54) is 5.56 Å². The van der Waals surface area contributed by atoms with Gasteiger partial charge in [0.05, 0.1) is 11.9 Å². The van der Waals surface area contributed by atoms with E-state index in [0.717, 1.165) is 24.6 Å². The molecule has 0 aliphatic carbocycles. The van der Waals surface area contributed by atoms with E-state index in [1.807, 2.05) is 18.3 Å². The highest BCUT2D eigenvalue weighted by Crippen LogP contribution is 2.15. The normalized spacial score (nSPS) is 10.1. The van der Waals surface area contributed by atoms with Gasteiger partial charge in [0.15, 0.2) is 0 Å². The fourth-order valence-electron chi connectivity index (χ4n) is 1.86. The van der Waals surface area contributed by atoms with Gasteiger partial charge in [0.25, 0.3) is 0 Å². The fourth-order valence-corrected chi connectivity index (χ4v) is 1.86. The minimum atomic E-state index is 0.869. The predicted molar refractivity (Wildman–Crippen MR) is 76.9 cm³/mol. The van der Waals surface area contributed by atoms with Crippen molar-refractivity contribution >= 4 is 11.5 Å². The molecule has 0 aliphatic heterocycles. The Hall–Kier alpha value is -2.03. The Morgan fingerprint density at radius 1 is 1.11 bits per heavy atom. The molecule has 0 aliphatic rings. The van der Waals surface area contributed by atoms with Crippen molar-refractivity contribution in [2.24, 2.45) is 0 Å². The van der Waals surface area contributed by atoms with Crippen molar-refractivity contribution in [1.29, 1.82) is 0 Å². The zero-order valence-electron chi connectivity index (χ0n) is 10.9. The lowest BCUT2D eigenvalue weighted by molar-refractivity contribution is 0.898. The Morgan fingerprint density at radius 2 is 1.89 bits per heavy atom. The van der Waals surface area contributed by atoms with E-state index in [0.29, 0.717) is 0 Å². The van der Waals surface area contributed by atoms with E-state index in [4.69, 9.17) is 0 Å². The maximum Gasteiger partial charge on any atom is 0.128 e. The third-order valence-electron chi connectivity index (χ3n) is 2.78. The van der Waals surface area contributed by atoms with Crippen LogP contribution in [0.3, 0.4) is 0 Å². The molecule has 0 fully saturated rings. The number of hydrogen-bond acceptors (Lipinski definition) is 3. The second-order valence-corrected chi connectivity index (χ2v) is 4.28. The Bertz CT molecular complexity index is 465. The average Bonchev–Trinajstić information content (AvgIpc) is 2.41. The van der Waals surface area contributed by atoms with Crippen LogP contribution in [0.1, 0.15) is 12.5 Å². The molecule has 1 aromatic carbocycles. The third-order valence-corrected chi connectivity index (χ3v) is 2.78. The summed E-state index contributed by atoms with van der Waals surface area (Å²) in [5, 5.41) is 3.24. The SMILES string of the molecule is CCNc1ccc(N(C)Cc2ccccc2)nc1. The maximum atomic E-state index is 4.46. The van der Waals surface area contributed by atoms with Crippen molar-refractivity contribution in [3.8, 4) is 0 Å². The van der Waals surface area contributed by atoms with Gasteiger partial charge in [0, 0.05) is 20.1 Å². The lowest BCUT2D eigenvalue weighted by atomic mass is 10.2. The predicted octanol–water partition coefficient (Wildman–Crippen LogP) is 3.15. The average molecular weight is 241 g/mol. The van der Waals surface area contributed by atoms with Gasteiger partial charge < -0.3 is 10.2 Å². The summed E-state index contributed by atoms with van der Waals surface area (Å²) < 4.78 is 0. The molecule has 2 rings (SSSR count). The summed E-state index contributed by atoms with van der Waals surface area (Å²) in [5.41, 5.74) is 2.35. The summed E-state index contributed by atoms with van der Waals surface area (Å²) in [4.78, 5) is 6.60. The van der Waals surface area contributed by atoms with Crippen molar-refractivity contribution < 1.29 is 0 Å². The molecular weight excluding hydrogens is 222 g/mol. The summed E-state index contributed by atoms with van der Waals surface area (Å²) >= 11 is 0. The third kappa shape index (κ3) is 3.23. The summed E-state index contributed by atoms with van der Waals surface area (Å²) in [6.45, 7) is 3.87. The summed E-state index contributed by atoms with van der Waals surface area (Å²) in [6, 6.07) is 14.5. The van der Waals surface area contributed by atoms with Gasteiger partial charge in [-0.3, -0.25) is 0 Å². The van der Waals surface area contributed by atoms with Crippen LogP contribution in [0, 0.1) is 0 Å². The van der Waals surface area contributed by atoms with Crippen molar-refractivity contribution in [2.75, 3.05) is 23.8 Å². The number of rotatable bonds is 5. The van der Waals surface area contributed by atoms with Crippen LogP contribution in [0.15, 0.2) is 48.7 Å². The molecule has 18 heavy (non-hydrogen) atoms. The molecule has 1 heterocycles. The van der Waals surface area contributed by atoms with Gasteiger partial charge in [0.1, 0.15) is 5.82 Å². The largest absolute Gasteiger partial charge is 0.384 e. The Morgan fingerprint density at radius 3 is 2.50 bits per heavy atom. The highest BCUT2D eigenvalue weighted by Gasteiger charge is 2.03. The molecule has 2 aromatic rings. The van der Waals surface area contributed by atoms with Gasteiger partial charge in [-0.05, 0) is 24.6 Å². The van der Waals surface area contributed by atoms with Crippen molar-refractivity contribution in [2.45, 2.75) is 13.5 Å². The van der Waals surface area contributed by atoms with Gasteiger partial charge in [-0.1, -0.05) is 30.3 Å². The molecule has 0 spiro atoms. The number of hydrogen-bond donors (Lipinski definition) is 1. The van der Waals surface area contributed by atoms with Gasteiger partial charge >= 0.3 is 0 Å². The number of nitrogens with zero attached hydrogens (tertiary/aromatic N) is 2. The Kier molecular flexibility index (Phi) is 4.18. The summed E-state index contributed by atoms with van der Waals surface area (Å²) in [7, 11) is 2.06. The highest BCUT2D eigenvalue weighted by atomic mass is 15.2. The van der Waals surface area contributed by atoms with Crippen LogP contribution in [-0.4, -0.2) is 18.6 Å². The number of aromatic nitrogens is 1. The Balaban J connectivity index is 2.02. The van der Waals surface area contributed by atoms with Gasteiger partial charge in [-0.2, -0.15) is 0 Å². The number of benzene rings is 1. The van der Waals surface area contributed by atoms with Crippen molar-refractivity contribution in [1.82, 2.24) is 4.98 Å². The van der Waals surface area contributed by atoms with Crippen molar-refractivity contribution in [3.05, 3.63) is 54.2 Å². The van der Waals surface area contributed by atoms with E-state index in [-0.39, 0.29) is 0 Å². The summed E-state index contributed by atoms with van der Waals surface area (Å²) in [5.74, 6) is 0.987. The van der Waals surface area contributed by atoms with Crippen LogP contribution >= 0.6 is 0 Å². The second-order valence-electron chi connectivity index (χ2n) is 4.28. The Labute approximate surface area is 108 Å². The molecule has 0 radical (unpaired) electrons. The van der Waals surface area contributed by atoms with Crippen LogP contribution in [-0.2, 0) is 6.54 Å². The van der Waals surface area contributed by atoms with Crippen molar-refractivity contribution in [3.63, 3.8) is 0 Å². The molecule has 0 amide bonds. The zero-order chi connectivity index (χ0) is 12.8. The topological polar surface area (TPSA) is 28.2 Å². The molecule has 0 bridgehead atoms. The number of anilines is 2. The van der Waals surface area contributed by atoms with Crippen LogP contribution in [0.5, 0.6) is 0 Å². The monoisotopic (exact) mass is 241 g/mol. The molecule has 3 nitrogen and oxygen atoms in total. The number of pyridine rings is 1. The van der Waals surface area contributed by atoms with E-state index in [2.05, 4.69) is 59.5 Å². The standard InChI is InChI=1S/C15H19N3/c1-3-16-14-9-10-15(17-11-14)18(2)12-13-7-5-4-6-8-13/h4-11,16H,3,12H2,1-2H3. The van der Waals surface area contributed by atoms with E-state index in [9.17, 15) is 0 Å². The molecule has 1 aromatic heterocycles. The minimum absolute atomic E-state index is 0.869. The van der Waals surface area contributed by atoms with Crippen LogP contribution in [0.25, 0.3) is 0 Å². The smallest absolute Gasteiger partial charge is 0.128 e. The molecular formula is C15H19N3. The molecule has 0 saturated carbocycles. The van der Waals surface area contributed by atoms with Gasteiger partial charge in [-0.25, -0.2) is 4.98 Å². The first-order valence-corrected chi connectivity index (χ1v) is 6.24. The second kappa shape index (κ2) is 6.05. The first kappa shape index (κ1) is 12.4. The van der Waals surface area contributed by atoms with Gasteiger partial charge in [-0.15, -0.1) is 0 Å². The first-order valence-electron chi connectivity index (χ1n) is 6.24. The minimum Gasteiger partial charge on any atom is -0.384 e. The molecule has 1 N–H and O–H groups in total. The lowest BCUT2D eigenvalue weighted by Crippen LogP contribution is -2.17. The zero-order valence-corrected chi connectivity index (χ0v) is 10.9. The molecule has 94 valence electrons. The molecule has 0 saturated heterocycles. The highest BCUT2D eigenvalue weighted by molar-refractivity contribution is 5.48. The van der Waals surface area contributed by atoms with Crippen LogP contribution in [0.4, 0.5) is 11.5 Å². The quantitative estimate of drug-likeness (QED) is 0.871.